The molecule has 0 unspecified atom stereocenters. The molecule has 0 atom stereocenters. The summed E-state index contributed by atoms with van der Waals surface area (Å²) in [6, 6.07) is 12.9. The summed E-state index contributed by atoms with van der Waals surface area (Å²) in [5, 5.41) is 10.6. The lowest BCUT2D eigenvalue weighted by Crippen LogP contribution is -2.35. The van der Waals surface area contributed by atoms with Crippen molar-refractivity contribution >= 4 is 34.6 Å². The molecular weight excluding hydrogens is 415 g/mol. The largest absolute Gasteiger partial charge is 0.432 e. The van der Waals surface area contributed by atoms with Crippen LogP contribution in [-0.4, -0.2) is 35.8 Å². The fourth-order valence-corrected chi connectivity index (χ4v) is 3.38. The van der Waals surface area contributed by atoms with E-state index in [9.17, 15) is 18.0 Å². The van der Waals surface area contributed by atoms with E-state index in [1.165, 1.54) is 0 Å². The number of hydrogen-bond acceptors (Lipinski definition) is 3. The molecule has 0 aliphatic carbocycles. The first kappa shape index (κ1) is 21.9. The van der Waals surface area contributed by atoms with Gasteiger partial charge < -0.3 is 10.2 Å². The standard InChI is InChI=1S/C22H21ClF3N3O/c23-17-6-2-3-7-18(17)28-19(14-20(27)22(24,25)26)15-8-10-16(11-9-15)21(30)29-12-4-1-5-13-29/h2-3,6-11,14,27-28H,1,4-5,12-13H2/b19-14-,27-20?. The number of likely N-dealkylation sites (tertiary alicyclic amines) is 1. The SMILES string of the molecule is N=C(/C=C(\Nc1ccccc1Cl)c1ccc(C(=O)N2CCCCC2)cc1)C(F)(F)F. The molecule has 0 bridgehead atoms. The van der Waals surface area contributed by atoms with E-state index in [4.69, 9.17) is 17.0 Å². The third kappa shape index (κ3) is 5.42. The monoisotopic (exact) mass is 435 g/mol. The van der Waals surface area contributed by atoms with Gasteiger partial charge in [-0.1, -0.05) is 35.9 Å². The second-order valence-electron chi connectivity index (χ2n) is 7.00. The summed E-state index contributed by atoms with van der Waals surface area (Å²) < 4.78 is 38.8. The molecule has 3 rings (SSSR count). The van der Waals surface area contributed by atoms with E-state index < -0.39 is 11.9 Å². The maximum Gasteiger partial charge on any atom is 0.432 e. The summed E-state index contributed by atoms with van der Waals surface area (Å²) in [4.78, 5) is 14.4. The van der Waals surface area contributed by atoms with Gasteiger partial charge in [0, 0.05) is 24.4 Å². The molecule has 1 amide bonds. The Morgan fingerprint density at radius 1 is 1.00 bits per heavy atom. The molecule has 2 aromatic rings. The molecular formula is C22H21ClF3N3O. The van der Waals surface area contributed by atoms with Gasteiger partial charge in [-0.15, -0.1) is 0 Å². The number of hydrogen-bond donors (Lipinski definition) is 2. The number of rotatable bonds is 5. The van der Waals surface area contributed by atoms with Crippen LogP contribution in [0.4, 0.5) is 18.9 Å². The minimum atomic E-state index is -4.78. The summed E-state index contributed by atoms with van der Waals surface area (Å²) >= 11 is 6.12. The third-order valence-electron chi connectivity index (χ3n) is 4.82. The lowest BCUT2D eigenvalue weighted by Gasteiger charge is -2.26. The van der Waals surface area contributed by atoms with Crippen LogP contribution in [0.15, 0.2) is 54.6 Å². The molecule has 158 valence electrons. The van der Waals surface area contributed by atoms with Crippen LogP contribution < -0.4 is 5.32 Å². The normalized spacial score (nSPS) is 15.1. The smallest absolute Gasteiger partial charge is 0.354 e. The molecule has 1 heterocycles. The average Bonchev–Trinajstić information content (AvgIpc) is 2.74. The Morgan fingerprint density at radius 2 is 1.60 bits per heavy atom. The van der Waals surface area contributed by atoms with Gasteiger partial charge in [-0.25, -0.2) is 0 Å². The molecule has 1 fully saturated rings. The van der Waals surface area contributed by atoms with Gasteiger partial charge in [0.2, 0.25) is 0 Å². The maximum atomic E-state index is 12.9. The highest BCUT2D eigenvalue weighted by molar-refractivity contribution is 6.33. The van der Waals surface area contributed by atoms with E-state index in [1.54, 1.807) is 53.4 Å². The lowest BCUT2D eigenvalue weighted by molar-refractivity contribution is -0.0583. The third-order valence-corrected chi connectivity index (χ3v) is 5.15. The first-order chi connectivity index (χ1) is 14.3. The summed E-state index contributed by atoms with van der Waals surface area (Å²) in [6.07, 6.45) is -1.02. The number of carbonyl (C=O) groups excluding carboxylic acids is 1. The van der Waals surface area contributed by atoms with Gasteiger partial charge in [0.25, 0.3) is 5.91 Å². The predicted octanol–water partition coefficient (Wildman–Crippen LogP) is 6.00. The highest BCUT2D eigenvalue weighted by Crippen LogP contribution is 2.27. The van der Waals surface area contributed by atoms with Crippen LogP contribution in [-0.2, 0) is 0 Å². The number of halogens is 4. The molecule has 2 aromatic carbocycles. The van der Waals surface area contributed by atoms with Gasteiger partial charge in [-0.2, -0.15) is 13.2 Å². The zero-order chi connectivity index (χ0) is 21.7. The van der Waals surface area contributed by atoms with Gasteiger partial charge in [-0.3, -0.25) is 10.2 Å². The Kier molecular flexibility index (Phi) is 6.82. The minimum absolute atomic E-state index is 0.0578. The summed E-state index contributed by atoms with van der Waals surface area (Å²) in [5.41, 5.74) is -0.149. The van der Waals surface area contributed by atoms with Gasteiger partial charge >= 0.3 is 6.18 Å². The predicted molar refractivity (Wildman–Crippen MR) is 113 cm³/mol. The van der Waals surface area contributed by atoms with Crippen LogP contribution >= 0.6 is 11.6 Å². The molecule has 4 nitrogen and oxygen atoms in total. The quantitative estimate of drug-likeness (QED) is 0.566. The van der Waals surface area contributed by atoms with Crippen molar-refractivity contribution in [3.8, 4) is 0 Å². The fraction of sp³-hybridized carbons (Fsp3) is 0.273. The Bertz CT molecular complexity index is 949. The van der Waals surface area contributed by atoms with Crippen molar-refractivity contribution in [1.82, 2.24) is 4.90 Å². The number of carbonyl (C=O) groups is 1. The van der Waals surface area contributed by atoms with Gasteiger partial charge in [-0.05, 0) is 55.2 Å². The van der Waals surface area contributed by atoms with Crippen molar-refractivity contribution in [3.63, 3.8) is 0 Å². The second-order valence-corrected chi connectivity index (χ2v) is 7.41. The number of alkyl halides is 3. The number of allylic oxidation sites excluding steroid dienone is 1. The Labute approximate surface area is 177 Å². The fourth-order valence-electron chi connectivity index (χ4n) is 3.20. The number of benzene rings is 2. The summed E-state index contributed by atoms with van der Waals surface area (Å²) in [7, 11) is 0. The Balaban J connectivity index is 1.89. The van der Waals surface area contributed by atoms with Crippen molar-refractivity contribution in [1.29, 1.82) is 5.41 Å². The number of anilines is 1. The van der Waals surface area contributed by atoms with Gasteiger partial charge in [0.05, 0.1) is 10.7 Å². The highest BCUT2D eigenvalue weighted by atomic mass is 35.5. The molecule has 1 aliphatic rings. The van der Waals surface area contributed by atoms with Crippen molar-refractivity contribution < 1.29 is 18.0 Å². The average molecular weight is 436 g/mol. The van der Waals surface area contributed by atoms with E-state index in [0.29, 0.717) is 41.0 Å². The molecule has 0 radical (unpaired) electrons. The minimum Gasteiger partial charge on any atom is -0.354 e. The van der Waals surface area contributed by atoms with Crippen LogP contribution in [0.1, 0.15) is 35.2 Å². The van der Waals surface area contributed by atoms with E-state index in [0.717, 1.165) is 19.3 Å². The summed E-state index contributed by atoms with van der Waals surface area (Å²) in [5.74, 6) is -0.0890. The van der Waals surface area contributed by atoms with Gasteiger partial charge in [0.15, 0.2) is 0 Å². The van der Waals surface area contributed by atoms with Crippen LogP contribution in [0.2, 0.25) is 5.02 Å². The van der Waals surface area contributed by atoms with E-state index in [-0.39, 0.29) is 11.6 Å². The van der Waals surface area contributed by atoms with Crippen molar-refractivity contribution in [2.75, 3.05) is 18.4 Å². The first-order valence-electron chi connectivity index (χ1n) is 9.54. The number of piperidine rings is 1. The molecule has 1 saturated heterocycles. The number of nitrogens with zero attached hydrogens (tertiary/aromatic N) is 1. The Morgan fingerprint density at radius 3 is 2.20 bits per heavy atom. The first-order valence-corrected chi connectivity index (χ1v) is 9.92. The van der Waals surface area contributed by atoms with Gasteiger partial charge in [0.1, 0.15) is 5.71 Å². The summed E-state index contributed by atoms with van der Waals surface area (Å²) in [6.45, 7) is 1.42. The number of amides is 1. The highest BCUT2D eigenvalue weighted by Gasteiger charge is 2.33. The lowest BCUT2D eigenvalue weighted by atomic mass is 10.0. The molecule has 0 spiro atoms. The van der Waals surface area contributed by atoms with Crippen LogP contribution in [0.5, 0.6) is 0 Å². The zero-order valence-corrected chi connectivity index (χ0v) is 16.9. The van der Waals surface area contributed by atoms with E-state index >= 15 is 0 Å². The molecule has 1 aliphatic heterocycles. The second kappa shape index (κ2) is 9.34. The number of para-hydroxylation sites is 1. The van der Waals surface area contributed by atoms with Crippen molar-refractivity contribution in [2.45, 2.75) is 25.4 Å². The van der Waals surface area contributed by atoms with E-state index in [1.807, 2.05) is 0 Å². The molecule has 8 heteroatoms. The topological polar surface area (TPSA) is 56.2 Å². The molecule has 0 aromatic heterocycles. The maximum absolute atomic E-state index is 12.9. The molecule has 0 saturated carbocycles. The zero-order valence-electron chi connectivity index (χ0n) is 16.1. The van der Waals surface area contributed by atoms with Crippen LogP contribution in [0.25, 0.3) is 5.70 Å². The number of nitrogens with one attached hydrogen (secondary N) is 2. The molecule has 2 N–H and O–H groups in total. The van der Waals surface area contributed by atoms with Crippen molar-refractivity contribution in [3.05, 3.63) is 70.8 Å². The van der Waals surface area contributed by atoms with Crippen LogP contribution in [0, 0.1) is 5.41 Å². The van der Waals surface area contributed by atoms with Crippen molar-refractivity contribution in [2.24, 2.45) is 0 Å². The van der Waals surface area contributed by atoms with E-state index in [2.05, 4.69) is 5.32 Å². The Hall–Kier alpha value is -2.80. The van der Waals surface area contributed by atoms with Crippen LogP contribution in [0.3, 0.4) is 0 Å². The molecule has 30 heavy (non-hydrogen) atoms.